The summed E-state index contributed by atoms with van der Waals surface area (Å²) in [6.45, 7) is 0. The van der Waals surface area contributed by atoms with Crippen molar-refractivity contribution in [3.63, 3.8) is 0 Å². The molecule has 0 aliphatic rings. The molecule has 0 atom stereocenters. The number of aromatic nitrogens is 1. The summed E-state index contributed by atoms with van der Waals surface area (Å²) in [5.41, 5.74) is 2.01. The fraction of sp³-hybridized carbons (Fsp3) is 0. The molecule has 7 nitrogen and oxygen atoms in total. The Morgan fingerprint density at radius 2 is 1.93 bits per heavy atom. The second kappa shape index (κ2) is 8.66. The van der Waals surface area contributed by atoms with Gasteiger partial charge in [0.15, 0.2) is 0 Å². The van der Waals surface area contributed by atoms with Gasteiger partial charge < -0.3 is 4.42 Å². The van der Waals surface area contributed by atoms with Crippen LogP contribution in [0.3, 0.4) is 0 Å². The van der Waals surface area contributed by atoms with Crippen molar-refractivity contribution in [2.75, 3.05) is 0 Å². The third kappa shape index (κ3) is 4.35. The number of nitro benzene ring substituents is 1. The molecule has 10 heteroatoms. The summed E-state index contributed by atoms with van der Waals surface area (Å²) in [5, 5.41) is 18.2. The van der Waals surface area contributed by atoms with E-state index in [1.165, 1.54) is 23.5 Å². The van der Waals surface area contributed by atoms with Crippen molar-refractivity contribution in [1.82, 2.24) is 4.68 Å². The normalized spacial score (nSPS) is 12.0. The van der Waals surface area contributed by atoms with Crippen molar-refractivity contribution in [1.29, 1.82) is 0 Å². The molecule has 2 aromatic heterocycles. The number of nitro groups is 1. The van der Waals surface area contributed by atoms with Gasteiger partial charge in [-0.15, -0.1) is 11.3 Å². The Kier molecular flexibility index (Phi) is 5.80. The molecule has 30 heavy (non-hydrogen) atoms. The smallest absolute Gasteiger partial charge is 0.269 e. The molecule has 2 aromatic carbocycles. The summed E-state index contributed by atoms with van der Waals surface area (Å²) in [6, 6.07) is 14.8. The van der Waals surface area contributed by atoms with E-state index in [9.17, 15) is 10.1 Å². The summed E-state index contributed by atoms with van der Waals surface area (Å²) in [6.07, 6.45) is 3.11. The van der Waals surface area contributed by atoms with Gasteiger partial charge in [0.1, 0.15) is 5.76 Å². The molecule has 4 rings (SSSR count). The lowest BCUT2D eigenvalue weighted by atomic mass is 10.1. The SMILES string of the molecule is O=[N+]([O-])c1ccc(-c2csc(=Nc3ccc(Cl)cc3Cl)n2N=Cc2ccco2)cc1. The van der Waals surface area contributed by atoms with Gasteiger partial charge in [-0.3, -0.25) is 10.1 Å². The standard InChI is InChI=1S/C20H12Cl2N4O3S/c21-14-5-8-18(17(22)10-14)24-20-25(23-11-16-2-1-9-29-16)19(12-30-20)13-3-6-15(7-4-13)26(27)28/h1-12H. The van der Waals surface area contributed by atoms with Gasteiger partial charge >= 0.3 is 0 Å². The molecule has 2 heterocycles. The molecular formula is C20H12Cl2N4O3S. The number of non-ortho nitro benzene ring substituents is 1. The predicted octanol–water partition coefficient (Wildman–Crippen LogP) is 6.14. The van der Waals surface area contributed by atoms with Gasteiger partial charge in [0.2, 0.25) is 4.80 Å². The second-order valence-electron chi connectivity index (χ2n) is 5.99. The molecule has 0 N–H and O–H groups in total. The molecule has 0 bridgehead atoms. The van der Waals surface area contributed by atoms with E-state index in [1.807, 2.05) is 5.38 Å². The van der Waals surface area contributed by atoms with Crippen LogP contribution >= 0.6 is 34.5 Å². The Balaban J connectivity index is 1.84. The van der Waals surface area contributed by atoms with Gasteiger partial charge in [-0.25, -0.2) is 9.67 Å². The van der Waals surface area contributed by atoms with E-state index in [0.29, 0.717) is 32.0 Å². The number of benzene rings is 2. The highest BCUT2D eigenvalue weighted by Crippen LogP contribution is 2.28. The zero-order valence-corrected chi connectivity index (χ0v) is 17.4. The summed E-state index contributed by atoms with van der Waals surface area (Å²) in [5.74, 6) is 0.568. The third-order valence-corrected chi connectivity index (χ3v) is 5.38. The van der Waals surface area contributed by atoms with E-state index in [1.54, 1.807) is 59.6 Å². The highest BCUT2D eigenvalue weighted by Gasteiger charge is 2.11. The lowest BCUT2D eigenvalue weighted by Crippen LogP contribution is -2.11. The summed E-state index contributed by atoms with van der Waals surface area (Å²) in [4.78, 5) is 15.7. The van der Waals surface area contributed by atoms with Crippen molar-refractivity contribution in [2.45, 2.75) is 0 Å². The Hall–Kier alpha value is -3.20. The van der Waals surface area contributed by atoms with Crippen molar-refractivity contribution in [2.24, 2.45) is 10.1 Å². The number of nitrogens with zero attached hydrogens (tertiary/aromatic N) is 4. The van der Waals surface area contributed by atoms with E-state index in [-0.39, 0.29) is 5.69 Å². The fourth-order valence-corrected chi connectivity index (χ4v) is 3.90. The van der Waals surface area contributed by atoms with Crippen LogP contribution in [0.25, 0.3) is 11.3 Å². The van der Waals surface area contributed by atoms with Crippen LogP contribution in [0.1, 0.15) is 5.76 Å². The molecule has 0 radical (unpaired) electrons. The van der Waals surface area contributed by atoms with Crippen LogP contribution in [-0.4, -0.2) is 15.8 Å². The topological polar surface area (TPSA) is 85.9 Å². The van der Waals surface area contributed by atoms with Crippen LogP contribution in [0, 0.1) is 10.1 Å². The Morgan fingerprint density at radius 1 is 1.13 bits per heavy atom. The number of rotatable bonds is 5. The van der Waals surface area contributed by atoms with E-state index < -0.39 is 4.92 Å². The van der Waals surface area contributed by atoms with Crippen LogP contribution in [-0.2, 0) is 0 Å². The van der Waals surface area contributed by atoms with Gasteiger partial charge in [0, 0.05) is 28.1 Å². The van der Waals surface area contributed by atoms with Crippen LogP contribution in [0.15, 0.2) is 80.8 Å². The zero-order chi connectivity index (χ0) is 21.1. The summed E-state index contributed by atoms with van der Waals surface area (Å²) < 4.78 is 6.93. The van der Waals surface area contributed by atoms with Gasteiger partial charge in [0.05, 0.1) is 33.8 Å². The van der Waals surface area contributed by atoms with Gasteiger partial charge in [0.25, 0.3) is 5.69 Å². The average Bonchev–Trinajstić information content (AvgIpc) is 3.38. The highest BCUT2D eigenvalue weighted by atomic mass is 35.5. The minimum atomic E-state index is -0.441. The molecule has 0 aliphatic heterocycles. The van der Waals surface area contributed by atoms with Crippen molar-refractivity contribution in [3.8, 4) is 11.3 Å². The summed E-state index contributed by atoms with van der Waals surface area (Å²) in [7, 11) is 0. The molecular weight excluding hydrogens is 447 g/mol. The first-order chi connectivity index (χ1) is 14.5. The molecule has 0 fully saturated rings. The quantitative estimate of drug-likeness (QED) is 0.204. The molecule has 0 aliphatic carbocycles. The number of halogens is 2. The Bertz CT molecular complexity index is 1290. The molecule has 0 amide bonds. The number of thiazole rings is 1. The Labute approximate surface area is 184 Å². The molecule has 0 spiro atoms. The summed E-state index contributed by atoms with van der Waals surface area (Å²) >= 11 is 13.6. The van der Waals surface area contributed by atoms with Crippen LogP contribution < -0.4 is 4.80 Å². The maximum absolute atomic E-state index is 10.9. The molecule has 0 saturated heterocycles. The van der Waals surface area contributed by atoms with Gasteiger partial charge in [-0.2, -0.15) is 5.10 Å². The van der Waals surface area contributed by atoms with Crippen LogP contribution in [0.5, 0.6) is 0 Å². The van der Waals surface area contributed by atoms with Gasteiger partial charge in [-0.1, -0.05) is 23.2 Å². The highest BCUT2D eigenvalue weighted by molar-refractivity contribution is 7.07. The van der Waals surface area contributed by atoms with E-state index in [0.717, 1.165) is 5.56 Å². The van der Waals surface area contributed by atoms with Crippen molar-refractivity contribution in [3.05, 3.63) is 97.0 Å². The first kappa shape index (κ1) is 20.1. The van der Waals surface area contributed by atoms with E-state index in [2.05, 4.69) is 10.1 Å². The van der Waals surface area contributed by atoms with Crippen molar-refractivity contribution >= 4 is 52.1 Å². The maximum Gasteiger partial charge on any atom is 0.269 e. The Morgan fingerprint density at radius 3 is 2.60 bits per heavy atom. The van der Waals surface area contributed by atoms with E-state index in [4.69, 9.17) is 27.6 Å². The van der Waals surface area contributed by atoms with Crippen molar-refractivity contribution < 1.29 is 9.34 Å². The lowest BCUT2D eigenvalue weighted by Gasteiger charge is -2.04. The van der Waals surface area contributed by atoms with E-state index >= 15 is 0 Å². The third-order valence-electron chi connectivity index (χ3n) is 4.03. The van der Waals surface area contributed by atoms with Crippen LogP contribution in [0.2, 0.25) is 10.0 Å². The first-order valence-electron chi connectivity index (χ1n) is 8.54. The monoisotopic (exact) mass is 458 g/mol. The number of hydrogen-bond donors (Lipinski definition) is 0. The van der Waals surface area contributed by atoms with Gasteiger partial charge in [-0.05, 0) is 42.5 Å². The second-order valence-corrected chi connectivity index (χ2v) is 7.67. The molecule has 150 valence electrons. The maximum atomic E-state index is 10.9. The molecule has 0 unspecified atom stereocenters. The largest absolute Gasteiger partial charge is 0.463 e. The van der Waals surface area contributed by atoms with Crippen LogP contribution in [0.4, 0.5) is 11.4 Å². The minimum absolute atomic E-state index is 0.0115. The zero-order valence-electron chi connectivity index (χ0n) is 15.1. The molecule has 4 aromatic rings. The minimum Gasteiger partial charge on any atom is -0.463 e. The lowest BCUT2D eigenvalue weighted by molar-refractivity contribution is -0.384. The average molecular weight is 459 g/mol. The fourth-order valence-electron chi connectivity index (χ4n) is 2.60. The number of furan rings is 1. The first-order valence-corrected chi connectivity index (χ1v) is 10.2. The number of hydrogen-bond acceptors (Lipinski definition) is 6. The predicted molar refractivity (Wildman–Crippen MR) is 118 cm³/mol. The molecule has 0 saturated carbocycles.